The molecule has 0 heterocycles. The van der Waals surface area contributed by atoms with Crippen LogP contribution < -0.4 is 29.6 Å². The first kappa shape index (κ1) is 36.4. The second kappa shape index (κ2) is 24.3. The average Bonchev–Trinajstić information content (AvgIpc) is 2.64. The maximum absolute atomic E-state index is 9.33. The van der Waals surface area contributed by atoms with Gasteiger partial charge in [0.25, 0.3) is 0 Å². The van der Waals surface area contributed by atoms with E-state index in [1.807, 2.05) is 42.5 Å². The summed E-state index contributed by atoms with van der Waals surface area (Å²) in [5.74, 6) is 0. The van der Waals surface area contributed by atoms with Crippen molar-refractivity contribution in [1.29, 1.82) is 0 Å². The van der Waals surface area contributed by atoms with E-state index in [1.165, 1.54) is 11.1 Å². The molecule has 0 amide bonds. The molecular weight excluding hydrogens is 486 g/mol. The van der Waals surface area contributed by atoms with Gasteiger partial charge in [-0.3, -0.25) is 8.74 Å². The fourth-order valence-electron chi connectivity index (χ4n) is 1.32. The number of allylic oxidation sites excluding steroid dienone is 1. The van der Waals surface area contributed by atoms with E-state index < -0.39 is 10.4 Å². The van der Waals surface area contributed by atoms with Gasteiger partial charge in [0, 0.05) is 5.54 Å². The Kier molecular flexibility index (Phi) is 30.5. The van der Waals surface area contributed by atoms with Gasteiger partial charge in [-0.15, -0.1) is 6.58 Å². The zero-order chi connectivity index (χ0) is 21.1. The molecule has 2 aromatic rings. The van der Waals surface area contributed by atoms with Crippen LogP contribution in [0.2, 0.25) is 0 Å². The van der Waals surface area contributed by atoms with Crippen molar-refractivity contribution in [3.8, 4) is 0 Å². The van der Waals surface area contributed by atoms with E-state index in [9.17, 15) is 8.42 Å². The van der Waals surface area contributed by atoms with Gasteiger partial charge in [0.15, 0.2) is 0 Å². The molecule has 4 nitrogen and oxygen atoms in total. The van der Waals surface area contributed by atoms with Gasteiger partial charge in [0.1, 0.15) is 4.49 Å². The Morgan fingerprint density at radius 1 is 1.10 bits per heavy atom. The second-order valence-corrected chi connectivity index (χ2v) is 7.04. The van der Waals surface area contributed by atoms with Crippen LogP contribution in [0, 0.1) is 6.92 Å². The van der Waals surface area contributed by atoms with Gasteiger partial charge in [-0.2, -0.15) is 21.9 Å². The Bertz CT molecular complexity index is 747. The van der Waals surface area contributed by atoms with Crippen LogP contribution in [0.1, 0.15) is 12.6 Å². The molecule has 10 heteroatoms. The first-order valence-electron chi connectivity index (χ1n) is 7.47. The molecule has 29 heavy (non-hydrogen) atoms. The Hall–Kier alpha value is 0.0100. The standard InChI is InChI=1S/C9H10.C7H8.C2HCl3.CH4O4S.Na.H2S.H/c1-2-6-9-7-4-3-5-8-9;1-7-5-3-2-4-6-7;3-1-2(4)5;1-5-6(2,3)4;;;/h2-5,7-8H,1,6H2;2-6H,1H3;1H;1H3,(H,2,3,4);;1H2;/q;;;;+1;;-1. The summed E-state index contributed by atoms with van der Waals surface area (Å²) < 4.78 is 29.8. The molecule has 0 aromatic heterocycles. The van der Waals surface area contributed by atoms with E-state index in [0.717, 1.165) is 19.1 Å². The first-order valence-corrected chi connectivity index (χ1v) is 10.0. The molecule has 0 aliphatic heterocycles. The number of halogens is 3. The largest absolute Gasteiger partial charge is 1.00 e. The molecule has 1 N–H and O–H groups in total. The molecule has 0 saturated carbocycles. The molecule has 0 saturated heterocycles. The maximum Gasteiger partial charge on any atom is 1.00 e. The summed E-state index contributed by atoms with van der Waals surface area (Å²) in [5.41, 5.74) is 3.73. The average molecular weight is 512 g/mol. The predicted molar refractivity (Wildman–Crippen MR) is 127 cm³/mol. The van der Waals surface area contributed by atoms with Crippen LogP contribution in [-0.2, 0) is 21.0 Å². The molecule has 0 unspecified atom stereocenters. The van der Waals surface area contributed by atoms with E-state index in [-0.39, 0.29) is 49.0 Å². The molecule has 0 atom stereocenters. The van der Waals surface area contributed by atoms with Crippen molar-refractivity contribution in [3.63, 3.8) is 0 Å². The van der Waals surface area contributed by atoms with E-state index in [0.29, 0.717) is 0 Å². The van der Waals surface area contributed by atoms with Crippen LogP contribution in [0.3, 0.4) is 0 Å². The predicted octanol–water partition coefficient (Wildman–Crippen LogP) is 3.58. The maximum atomic E-state index is 9.33. The zero-order valence-corrected chi connectivity index (χ0v) is 22.6. The molecule has 2 aromatic carbocycles. The fourth-order valence-corrected chi connectivity index (χ4v) is 1.32. The minimum Gasteiger partial charge on any atom is -1.00 e. The first-order chi connectivity index (χ1) is 12.7. The number of benzene rings is 2. The van der Waals surface area contributed by atoms with Crippen LogP contribution >= 0.6 is 48.3 Å². The van der Waals surface area contributed by atoms with E-state index in [4.69, 9.17) is 39.4 Å². The second-order valence-electron chi connectivity index (χ2n) is 4.63. The summed E-state index contributed by atoms with van der Waals surface area (Å²) in [6.07, 6.45) is 2.89. The van der Waals surface area contributed by atoms with Crippen LogP contribution in [0.4, 0.5) is 0 Å². The van der Waals surface area contributed by atoms with Gasteiger partial charge in [-0.1, -0.05) is 107 Å². The molecule has 0 aliphatic rings. The van der Waals surface area contributed by atoms with E-state index >= 15 is 0 Å². The molecule has 0 fully saturated rings. The van der Waals surface area contributed by atoms with Crippen molar-refractivity contribution < 1.29 is 48.1 Å². The quantitative estimate of drug-likeness (QED) is 0.389. The topological polar surface area (TPSA) is 63.6 Å². The van der Waals surface area contributed by atoms with Crippen molar-refractivity contribution in [2.45, 2.75) is 13.3 Å². The van der Waals surface area contributed by atoms with Gasteiger partial charge in [-0.05, 0) is 18.9 Å². The third-order valence-corrected chi connectivity index (χ3v) is 3.54. The van der Waals surface area contributed by atoms with Gasteiger partial charge >= 0.3 is 40.0 Å². The third-order valence-electron chi connectivity index (χ3n) is 2.46. The minimum atomic E-state index is -4.16. The van der Waals surface area contributed by atoms with Gasteiger partial charge in [-0.25, -0.2) is 0 Å². The number of hydrogen-bond acceptors (Lipinski definition) is 3. The summed E-state index contributed by atoms with van der Waals surface area (Å²) in [6.45, 7) is 5.74. The van der Waals surface area contributed by atoms with Crippen molar-refractivity contribution in [2.75, 3.05) is 7.11 Å². The fraction of sp³-hybridized carbons (Fsp3) is 0.158. The number of hydrogen-bond donors (Lipinski definition) is 1. The van der Waals surface area contributed by atoms with Gasteiger partial charge in [0.05, 0.1) is 7.11 Å². The summed E-state index contributed by atoms with van der Waals surface area (Å²) in [5, 5.41) is 0. The van der Waals surface area contributed by atoms with Crippen LogP contribution in [0.15, 0.2) is 83.3 Å². The molecule has 0 bridgehead atoms. The summed E-state index contributed by atoms with van der Waals surface area (Å²) >= 11 is 14.8. The molecule has 2 rings (SSSR count). The number of aryl methyl sites for hydroxylation is 1. The van der Waals surface area contributed by atoms with Gasteiger partial charge < -0.3 is 1.43 Å². The smallest absolute Gasteiger partial charge is 1.00 e. The van der Waals surface area contributed by atoms with E-state index in [1.54, 1.807) is 0 Å². The molecule has 160 valence electrons. The van der Waals surface area contributed by atoms with Crippen LogP contribution in [0.5, 0.6) is 0 Å². The molecule has 0 aliphatic carbocycles. The Morgan fingerprint density at radius 2 is 1.45 bits per heavy atom. The van der Waals surface area contributed by atoms with Crippen molar-refractivity contribution in [2.24, 2.45) is 0 Å². The third kappa shape index (κ3) is 32.9. The van der Waals surface area contributed by atoms with Crippen molar-refractivity contribution in [3.05, 3.63) is 94.5 Å². The van der Waals surface area contributed by atoms with Crippen molar-refractivity contribution >= 4 is 58.7 Å². The summed E-state index contributed by atoms with van der Waals surface area (Å²) in [4.78, 5) is 0. The Morgan fingerprint density at radius 3 is 1.66 bits per heavy atom. The number of rotatable bonds is 3. The summed E-state index contributed by atoms with van der Waals surface area (Å²) in [7, 11) is -3.29. The molecule has 0 radical (unpaired) electrons. The Balaban J connectivity index is -0.0000000918. The van der Waals surface area contributed by atoms with Crippen LogP contribution in [-0.4, -0.2) is 20.1 Å². The van der Waals surface area contributed by atoms with E-state index in [2.05, 4.69) is 42.0 Å². The summed E-state index contributed by atoms with van der Waals surface area (Å²) in [6, 6.07) is 20.6. The molecular formula is C19H26Cl3NaO4S2. The van der Waals surface area contributed by atoms with Crippen LogP contribution in [0.25, 0.3) is 0 Å². The zero-order valence-electron chi connectivity index (χ0n) is 17.6. The SMILES string of the molecule is C=CCc1ccccc1.COS(=O)(=O)O.Cc1ccccc1.ClC=C(Cl)Cl.S.[H-].[Na+]. The Labute approximate surface area is 220 Å². The normalized spacial score (nSPS) is 8.48. The van der Waals surface area contributed by atoms with Crippen molar-refractivity contribution in [1.82, 2.24) is 0 Å². The monoisotopic (exact) mass is 510 g/mol. The molecule has 0 spiro atoms. The minimum absolute atomic E-state index is 0. The van der Waals surface area contributed by atoms with Gasteiger partial charge in [0.2, 0.25) is 0 Å².